The number of carbonyl (C=O) groups is 1. The minimum absolute atomic E-state index is 0.00618. The van der Waals surface area contributed by atoms with Crippen molar-refractivity contribution in [1.29, 1.82) is 0 Å². The fraction of sp³-hybridized carbons (Fsp3) is 0.333. The molecule has 0 unspecified atom stereocenters. The van der Waals surface area contributed by atoms with Crippen molar-refractivity contribution in [3.05, 3.63) is 53.0 Å². The lowest BCUT2D eigenvalue weighted by Crippen LogP contribution is -2.26. The van der Waals surface area contributed by atoms with Gasteiger partial charge in [0.2, 0.25) is 0 Å². The number of benzene rings is 1. The van der Waals surface area contributed by atoms with Gasteiger partial charge in [0.05, 0.1) is 17.9 Å². The molecule has 2 aromatic heterocycles. The van der Waals surface area contributed by atoms with Crippen LogP contribution in [0.5, 0.6) is 0 Å². The van der Waals surface area contributed by atoms with E-state index in [0.29, 0.717) is 18.0 Å². The first-order valence-corrected chi connectivity index (χ1v) is 7.90. The summed E-state index contributed by atoms with van der Waals surface area (Å²) < 4.78 is 5.55. The van der Waals surface area contributed by atoms with Crippen molar-refractivity contribution >= 4 is 16.9 Å². The number of fused-ring (bicyclic) bond motifs is 1. The van der Waals surface area contributed by atoms with E-state index < -0.39 is 0 Å². The number of aryl methyl sites for hydroxylation is 1. The summed E-state index contributed by atoms with van der Waals surface area (Å²) >= 11 is 0. The highest BCUT2D eigenvalue weighted by molar-refractivity contribution is 5.97. The third-order valence-electron chi connectivity index (χ3n) is 4.29. The number of rotatable bonds is 4. The molecule has 4 rings (SSSR count). The Morgan fingerprint density at radius 3 is 2.96 bits per heavy atom. The topological polar surface area (TPSA) is 62.1 Å². The van der Waals surface area contributed by atoms with E-state index in [2.05, 4.69) is 16.3 Å². The molecule has 0 atom stereocenters. The summed E-state index contributed by atoms with van der Waals surface area (Å²) in [6.45, 7) is 2.43. The van der Waals surface area contributed by atoms with E-state index in [1.54, 1.807) is 4.90 Å². The van der Waals surface area contributed by atoms with Gasteiger partial charge in [-0.25, -0.2) is 0 Å². The number of furan rings is 1. The van der Waals surface area contributed by atoms with Crippen LogP contribution < -0.4 is 0 Å². The summed E-state index contributed by atoms with van der Waals surface area (Å²) in [6.07, 6.45) is 2.45. The Bertz CT molecular complexity index is 873. The average Bonchev–Trinajstić information content (AvgIpc) is 3.16. The van der Waals surface area contributed by atoms with E-state index in [-0.39, 0.29) is 5.91 Å². The van der Waals surface area contributed by atoms with Gasteiger partial charge in [0, 0.05) is 23.9 Å². The zero-order valence-electron chi connectivity index (χ0n) is 13.3. The summed E-state index contributed by atoms with van der Waals surface area (Å²) in [5, 5.41) is 8.33. The van der Waals surface area contributed by atoms with Crippen molar-refractivity contribution in [2.24, 2.45) is 0 Å². The second-order valence-electron chi connectivity index (χ2n) is 6.36. The second kappa shape index (κ2) is 5.26. The van der Waals surface area contributed by atoms with Gasteiger partial charge in [-0.05, 0) is 50.1 Å². The molecule has 0 saturated heterocycles. The molecule has 3 aromatic rings. The van der Waals surface area contributed by atoms with Crippen LogP contribution in [-0.4, -0.2) is 28.1 Å². The normalized spacial score (nSPS) is 14.3. The third kappa shape index (κ3) is 2.74. The van der Waals surface area contributed by atoms with Crippen molar-refractivity contribution < 1.29 is 9.21 Å². The average molecular weight is 309 g/mol. The Morgan fingerprint density at radius 1 is 1.35 bits per heavy atom. The van der Waals surface area contributed by atoms with Gasteiger partial charge >= 0.3 is 0 Å². The zero-order chi connectivity index (χ0) is 16.0. The fourth-order valence-corrected chi connectivity index (χ4v) is 2.91. The highest BCUT2D eigenvalue weighted by atomic mass is 16.3. The van der Waals surface area contributed by atoms with Crippen LogP contribution >= 0.6 is 0 Å². The fourth-order valence-electron chi connectivity index (χ4n) is 2.91. The molecular formula is C18H19N3O2. The van der Waals surface area contributed by atoms with Crippen LogP contribution in [0.25, 0.3) is 11.0 Å². The lowest BCUT2D eigenvalue weighted by atomic mass is 10.1. The summed E-state index contributed by atoms with van der Waals surface area (Å²) in [4.78, 5) is 14.3. The molecule has 0 bridgehead atoms. The van der Waals surface area contributed by atoms with Crippen LogP contribution in [0.1, 0.15) is 46.3 Å². The lowest BCUT2D eigenvalue weighted by molar-refractivity contribution is 0.0783. The number of carbonyl (C=O) groups excluding carboxylic acids is 1. The maximum Gasteiger partial charge on any atom is 0.253 e. The number of hydrogen-bond acceptors (Lipinski definition) is 3. The number of aromatic nitrogens is 2. The Labute approximate surface area is 134 Å². The minimum Gasteiger partial charge on any atom is -0.461 e. The van der Waals surface area contributed by atoms with Crippen molar-refractivity contribution in [1.82, 2.24) is 15.1 Å². The molecule has 2 heterocycles. The van der Waals surface area contributed by atoms with Crippen molar-refractivity contribution in [3.8, 4) is 0 Å². The Morgan fingerprint density at radius 2 is 2.17 bits per heavy atom. The minimum atomic E-state index is -0.00618. The molecule has 1 aliphatic carbocycles. The van der Waals surface area contributed by atoms with E-state index in [9.17, 15) is 4.79 Å². The zero-order valence-corrected chi connectivity index (χ0v) is 13.3. The summed E-state index contributed by atoms with van der Waals surface area (Å²) in [5.74, 6) is 1.46. The Hall–Kier alpha value is -2.56. The molecule has 1 saturated carbocycles. The molecule has 1 fully saturated rings. The predicted molar refractivity (Wildman–Crippen MR) is 87.3 cm³/mol. The molecule has 1 amide bonds. The Balaban J connectivity index is 1.51. The van der Waals surface area contributed by atoms with Gasteiger partial charge in [0.15, 0.2) is 0 Å². The van der Waals surface area contributed by atoms with Crippen LogP contribution in [0.2, 0.25) is 0 Å². The van der Waals surface area contributed by atoms with E-state index in [0.717, 1.165) is 28.1 Å². The quantitative estimate of drug-likeness (QED) is 0.800. The van der Waals surface area contributed by atoms with Gasteiger partial charge in [0.1, 0.15) is 11.3 Å². The maximum atomic E-state index is 12.6. The summed E-state index contributed by atoms with van der Waals surface area (Å²) in [5.41, 5.74) is 3.58. The van der Waals surface area contributed by atoms with Gasteiger partial charge < -0.3 is 9.32 Å². The van der Waals surface area contributed by atoms with Gasteiger partial charge in [-0.2, -0.15) is 5.10 Å². The molecule has 1 aliphatic rings. The molecular weight excluding hydrogens is 290 g/mol. The number of hydrogen-bond donors (Lipinski definition) is 1. The van der Waals surface area contributed by atoms with Crippen molar-refractivity contribution in [3.63, 3.8) is 0 Å². The van der Waals surface area contributed by atoms with Crippen LogP contribution in [-0.2, 0) is 6.54 Å². The van der Waals surface area contributed by atoms with Gasteiger partial charge in [0.25, 0.3) is 5.91 Å². The van der Waals surface area contributed by atoms with E-state index in [1.807, 2.05) is 38.2 Å². The van der Waals surface area contributed by atoms with E-state index >= 15 is 0 Å². The van der Waals surface area contributed by atoms with Crippen LogP contribution in [0.3, 0.4) is 0 Å². The number of nitrogens with zero attached hydrogens (tertiary/aromatic N) is 2. The van der Waals surface area contributed by atoms with Crippen molar-refractivity contribution in [2.45, 2.75) is 32.2 Å². The largest absolute Gasteiger partial charge is 0.461 e. The highest BCUT2D eigenvalue weighted by Gasteiger charge is 2.26. The maximum absolute atomic E-state index is 12.6. The molecule has 1 N–H and O–H groups in total. The monoisotopic (exact) mass is 309 g/mol. The number of aromatic amines is 1. The molecule has 23 heavy (non-hydrogen) atoms. The summed E-state index contributed by atoms with van der Waals surface area (Å²) in [6, 6.07) is 9.57. The lowest BCUT2D eigenvalue weighted by Gasteiger charge is -2.16. The molecule has 0 radical (unpaired) electrons. The van der Waals surface area contributed by atoms with E-state index in [1.165, 1.54) is 12.8 Å². The highest BCUT2D eigenvalue weighted by Crippen LogP contribution is 2.39. The predicted octanol–water partition coefficient (Wildman–Crippen LogP) is 3.61. The third-order valence-corrected chi connectivity index (χ3v) is 4.29. The van der Waals surface area contributed by atoms with Gasteiger partial charge in [-0.1, -0.05) is 0 Å². The van der Waals surface area contributed by atoms with Crippen LogP contribution in [0, 0.1) is 6.92 Å². The molecule has 118 valence electrons. The van der Waals surface area contributed by atoms with E-state index in [4.69, 9.17) is 4.42 Å². The molecule has 5 heteroatoms. The standard InChI is InChI=1S/C18H19N3O2/c1-11-7-14-8-13(5-6-17(14)23-11)18(22)21(2)10-15-9-16(20-19-15)12-3-4-12/h5-9,12H,3-4,10H2,1-2H3,(H,19,20). The van der Waals surface area contributed by atoms with Gasteiger partial charge in [-0.3, -0.25) is 9.89 Å². The second-order valence-corrected chi connectivity index (χ2v) is 6.36. The molecule has 5 nitrogen and oxygen atoms in total. The SMILES string of the molecule is Cc1cc2cc(C(=O)N(C)Cc3cc(C4CC4)n[nH]3)ccc2o1. The molecule has 1 aromatic carbocycles. The molecule has 0 aliphatic heterocycles. The smallest absolute Gasteiger partial charge is 0.253 e. The summed E-state index contributed by atoms with van der Waals surface area (Å²) in [7, 11) is 1.81. The van der Waals surface area contributed by atoms with Crippen LogP contribution in [0.15, 0.2) is 34.7 Å². The first kappa shape index (κ1) is 14.1. The number of amides is 1. The first-order chi connectivity index (χ1) is 11.1. The van der Waals surface area contributed by atoms with Crippen LogP contribution in [0.4, 0.5) is 0 Å². The van der Waals surface area contributed by atoms with Crippen molar-refractivity contribution in [2.75, 3.05) is 7.05 Å². The molecule has 0 spiro atoms. The number of nitrogens with one attached hydrogen (secondary N) is 1. The van der Waals surface area contributed by atoms with Gasteiger partial charge in [-0.15, -0.1) is 0 Å². The number of H-pyrrole nitrogens is 1. The Kier molecular flexibility index (Phi) is 3.22. The first-order valence-electron chi connectivity index (χ1n) is 7.90.